The second-order valence-corrected chi connectivity index (χ2v) is 15.9. The van der Waals surface area contributed by atoms with Gasteiger partial charge in [-0.3, -0.25) is 19.2 Å². The number of anilines is 2. The van der Waals surface area contributed by atoms with E-state index in [1.807, 2.05) is 81.4 Å². The molecule has 1 N–H and O–H groups in total. The minimum atomic E-state index is -3.80. The smallest absolute Gasteiger partial charge is 0.419 e. The van der Waals surface area contributed by atoms with E-state index in [0.29, 0.717) is 17.7 Å². The Morgan fingerprint density at radius 2 is 1.56 bits per heavy atom. The monoisotopic (exact) mass is 744 g/mol. The summed E-state index contributed by atoms with van der Waals surface area (Å²) in [4.78, 5) is 39.6. The molecule has 0 radical (unpaired) electrons. The fourth-order valence-electron chi connectivity index (χ4n) is 5.69. The van der Waals surface area contributed by atoms with Gasteiger partial charge >= 0.3 is 12.1 Å². The van der Waals surface area contributed by atoms with Crippen molar-refractivity contribution >= 4 is 56.0 Å². The fraction of sp³-hybridized carbons (Fsp3) is 0.256. The molecule has 1 aliphatic heterocycles. The largest absolute Gasteiger partial charge is 0.487 e. The molecule has 0 bridgehead atoms. The van der Waals surface area contributed by atoms with Crippen LogP contribution in [-0.2, 0) is 32.8 Å². The predicted molar refractivity (Wildman–Crippen MR) is 199 cm³/mol. The van der Waals surface area contributed by atoms with E-state index >= 15 is 0 Å². The molecule has 1 saturated heterocycles. The average molecular weight is 745 g/mol. The number of benzene rings is 4. The van der Waals surface area contributed by atoms with Crippen molar-refractivity contribution in [1.82, 2.24) is 0 Å². The molecule has 11 nitrogen and oxygen atoms in total. The van der Waals surface area contributed by atoms with E-state index in [2.05, 4.69) is 5.32 Å². The number of hydrogen-bond donors (Lipinski definition) is 1. The number of hydrogen-bond acceptors (Lipinski definition) is 9. The Balaban J connectivity index is 1.46. The van der Waals surface area contributed by atoms with E-state index in [9.17, 15) is 22.8 Å². The SMILES string of the molecule is CC(C)(C)CC(=O)OC(=O)Nc1cc(N2CCCS2(=O)=O)c2oc(-c3ccc(OCc4ccccc4)c(Cl)c3)c(OCc3ccccc3)c(=O)c2c1. The Hall–Kier alpha value is -5.33. The lowest BCUT2D eigenvalue weighted by molar-refractivity contribution is -0.138. The van der Waals surface area contributed by atoms with Gasteiger partial charge in [-0.2, -0.15) is 0 Å². The molecule has 270 valence electrons. The third-order valence-corrected chi connectivity index (χ3v) is 10.2. The van der Waals surface area contributed by atoms with Crippen LogP contribution in [0.25, 0.3) is 22.3 Å². The van der Waals surface area contributed by atoms with Gasteiger partial charge < -0.3 is 18.6 Å². The van der Waals surface area contributed by atoms with Crippen LogP contribution in [0.1, 0.15) is 44.7 Å². The van der Waals surface area contributed by atoms with E-state index < -0.39 is 32.9 Å². The van der Waals surface area contributed by atoms with Crippen molar-refractivity contribution < 1.29 is 36.6 Å². The number of esters is 1. The zero-order valence-electron chi connectivity index (χ0n) is 28.8. The number of halogens is 1. The summed E-state index contributed by atoms with van der Waals surface area (Å²) in [5.41, 5.74) is 1.01. The van der Waals surface area contributed by atoms with Crippen molar-refractivity contribution in [2.45, 2.75) is 46.8 Å². The molecule has 0 atom stereocenters. The number of carbonyl (C=O) groups excluding carboxylic acids is 2. The molecule has 0 saturated carbocycles. The molecule has 6 rings (SSSR count). The number of carbonyl (C=O) groups is 2. The number of fused-ring (bicyclic) bond motifs is 1. The van der Waals surface area contributed by atoms with Crippen LogP contribution in [0.3, 0.4) is 0 Å². The third-order valence-electron chi connectivity index (χ3n) is 8.08. The zero-order valence-corrected chi connectivity index (χ0v) is 30.4. The van der Waals surface area contributed by atoms with Crippen LogP contribution < -0.4 is 24.5 Å². The van der Waals surface area contributed by atoms with Crippen molar-refractivity contribution in [3.05, 3.63) is 117 Å². The quantitative estimate of drug-likeness (QED) is 0.110. The molecule has 4 aromatic carbocycles. The fourth-order valence-corrected chi connectivity index (χ4v) is 7.48. The van der Waals surface area contributed by atoms with Crippen LogP contribution in [0.5, 0.6) is 11.5 Å². The highest BCUT2D eigenvalue weighted by molar-refractivity contribution is 7.93. The summed E-state index contributed by atoms with van der Waals surface area (Å²) in [6.07, 6.45) is -0.775. The van der Waals surface area contributed by atoms with Gasteiger partial charge in [-0.15, -0.1) is 0 Å². The van der Waals surface area contributed by atoms with Gasteiger partial charge in [0.1, 0.15) is 19.0 Å². The summed E-state index contributed by atoms with van der Waals surface area (Å²) in [6, 6.07) is 26.4. The van der Waals surface area contributed by atoms with Crippen LogP contribution in [0.15, 0.2) is 100 Å². The summed E-state index contributed by atoms with van der Waals surface area (Å²) in [5.74, 6) is -0.623. The Morgan fingerprint density at radius 3 is 2.15 bits per heavy atom. The molecule has 1 aliphatic rings. The van der Waals surface area contributed by atoms with Gasteiger partial charge in [-0.25, -0.2) is 13.2 Å². The van der Waals surface area contributed by atoms with Crippen LogP contribution in [-0.4, -0.2) is 32.8 Å². The van der Waals surface area contributed by atoms with Crippen LogP contribution in [0.4, 0.5) is 16.2 Å². The van der Waals surface area contributed by atoms with E-state index in [4.69, 9.17) is 30.2 Å². The molecule has 2 heterocycles. The molecular formula is C39H37ClN2O9S. The minimum absolute atomic E-state index is 0.00360. The number of sulfonamides is 1. The van der Waals surface area contributed by atoms with Gasteiger partial charge in [-0.1, -0.05) is 93.0 Å². The van der Waals surface area contributed by atoms with Crippen LogP contribution >= 0.6 is 11.6 Å². The minimum Gasteiger partial charge on any atom is -0.487 e. The average Bonchev–Trinajstić information content (AvgIpc) is 3.45. The van der Waals surface area contributed by atoms with Gasteiger partial charge in [-0.05, 0) is 53.3 Å². The van der Waals surface area contributed by atoms with E-state index in [-0.39, 0.29) is 70.8 Å². The molecule has 1 fully saturated rings. The molecule has 1 aromatic heterocycles. The summed E-state index contributed by atoms with van der Waals surface area (Å²) in [5, 5.41) is 2.64. The Labute approximate surface area is 306 Å². The number of amides is 1. The number of rotatable bonds is 10. The van der Waals surface area contributed by atoms with Crippen molar-refractivity contribution in [3.8, 4) is 22.8 Å². The predicted octanol–water partition coefficient (Wildman–Crippen LogP) is 8.32. The Morgan fingerprint density at radius 1 is 0.904 bits per heavy atom. The molecule has 1 amide bonds. The van der Waals surface area contributed by atoms with Crippen molar-refractivity contribution in [1.29, 1.82) is 0 Å². The van der Waals surface area contributed by atoms with Crippen LogP contribution in [0, 0.1) is 5.41 Å². The molecule has 5 aromatic rings. The number of ether oxygens (including phenoxy) is 3. The zero-order chi connectivity index (χ0) is 37.0. The van der Waals surface area contributed by atoms with E-state index in [0.717, 1.165) is 15.4 Å². The maximum atomic E-state index is 14.4. The Bertz CT molecular complexity index is 2290. The van der Waals surface area contributed by atoms with Gasteiger partial charge in [0.25, 0.3) is 0 Å². The van der Waals surface area contributed by atoms with Gasteiger partial charge in [0, 0.05) is 17.8 Å². The summed E-state index contributed by atoms with van der Waals surface area (Å²) < 4.78 is 51.1. The summed E-state index contributed by atoms with van der Waals surface area (Å²) in [7, 11) is -3.80. The van der Waals surface area contributed by atoms with Crippen molar-refractivity contribution in [2.24, 2.45) is 5.41 Å². The highest BCUT2D eigenvalue weighted by atomic mass is 35.5. The van der Waals surface area contributed by atoms with Crippen molar-refractivity contribution in [2.75, 3.05) is 21.9 Å². The van der Waals surface area contributed by atoms with Crippen LogP contribution in [0.2, 0.25) is 5.02 Å². The maximum absolute atomic E-state index is 14.4. The Kier molecular flexibility index (Phi) is 10.6. The lowest BCUT2D eigenvalue weighted by Crippen LogP contribution is -2.26. The lowest BCUT2D eigenvalue weighted by Gasteiger charge is -2.21. The highest BCUT2D eigenvalue weighted by Crippen LogP contribution is 2.41. The molecule has 0 aliphatic carbocycles. The second kappa shape index (κ2) is 15.1. The first-order valence-electron chi connectivity index (χ1n) is 16.6. The first-order chi connectivity index (χ1) is 24.8. The van der Waals surface area contributed by atoms with E-state index in [1.165, 1.54) is 12.1 Å². The number of nitrogens with one attached hydrogen (secondary N) is 1. The number of nitrogens with zero attached hydrogens (tertiary/aromatic N) is 1. The molecule has 52 heavy (non-hydrogen) atoms. The first kappa shape index (κ1) is 36.5. The lowest BCUT2D eigenvalue weighted by atomic mass is 9.93. The van der Waals surface area contributed by atoms with Gasteiger partial charge in [0.15, 0.2) is 11.3 Å². The summed E-state index contributed by atoms with van der Waals surface area (Å²) in [6.45, 7) is 5.87. The van der Waals surface area contributed by atoms with Gasteiger partial charge in [0.2, 0.25) is 21.2 Å². The van der Waals surface area contributed by atoms with E-state index in [1.54, 1.807) is 18.2 Å². The topological polar surface area (TPSA) is 141 Å². The molecule has 13 heteroatoms. The highest BCUT2D eigenvalue weighted by Gasteiger charge is 2.33. The standard InChI is InChI=1S/C39H37ClN2O9S/c1-39(2,3)22-33(43)50-38(45)41-28-20-29-34(44)37(49-24-26-13-8-5-9-14-26)35(51-36(29)31(21-28)42-17-10-18-52(42,46)47)27-15-16-32(30(40)19-27)48-23-25-11-6-4-7-12-25/h4-9,11-16,19-21H,10,17-18,22-24H2,1-3H3,(H,41,45). The maximum Gasteiger partial charge on any atom is 0.419 e. The third kappa shape index (κ3) is 8.58. The molecule has 0 unspecified atom stereocenters. The second-order valence-electron chi connectivity index (χ2n) is 13.5. The molecule has 0 spiro atoms. The van der Waals surface area contributed by atoms with Crippen molar-refractivity contribution in [3.63, 3.8) is 0 Å². The normalized spacial score (nSPS) is 13.9. The molecular weight excluding hydrogens is 708 g/mol. The summed E-state index contributed by atoms with van der Waals surface area (Å²) >= 11 is 6.69. The van der Waals surface area contributed by atoms with Gasteiger partial charge in [0.05, 0.1) is 28.3 Å². The first-order valence-corrected chi connectivity index (χ1v) is 18.6.